The summed E-state index contributed by atoms with van der Waals surface area (Å²) < 4.78 is 0. The van der Waals surface area contributed by atoms with Crippen molar-refractivity contribution in [2.45, 2.75) is 12.3 Å². The summed E-state index contributed by atoms with van der Waals surface area (Å²) >= 11 is 7.60. The normalized spacial score (nSPS) is 18.3. The van der Waals surface area contributed by atoms with E-state index in [1.165, 1.54) is 11.3 Å². The molecule has 1 atom stereocenters. The Balaban J connectivity index is 2.13. The van der Waals surface area contributed by atoms with E-state index in [0.29, 0.717) is 22.4 Å². The molecule has 1 aromatic heterocycles. The Morgan fingerprint density at radius 1 is 1.44 bits per heavy atom. The molecule has 6 heteroatoms. The third kappa shape index (κ3) is 1.85. The molecule has 0 saturated heterocycles. The van der Waals surface area contributed by atoms with E-state index in [9.17, 15) is 4.79 Å². The van der Waals surface area contributed by atoms with Crippen LogP contribution < -0.4 is 11.1 Å². The molecule has 0 aliphatic carbocycles. The van der Waals surface area contributed by atoms with Crippen molar-refractivity contribution in [3.05, 3.63) is 39.7 Å². The Bertz CT molecular complexity index is 626. The number of nitrogens with zero attached hydrogens (tertiary/aromatic N) is 1. The lowest BCUT2D eigenvalue weighted by Gasteiger charge is -2.22. The minimum atomic E-state index is -0.0581. The molecule has 18 heavy (non-hydrogen) atoms. The van der Waals surface area contributed by atoms with Crippen LogP contribution in [0.15, 0.2) is 24.3 Å². The number of carbonyl (C=O) groups excluding carboxylic acids is 1. The van der Waals surface area contributed by atoms with Gasteiger partial charge < -0.3 is 11.1 Å². The zero-order valence-electron chi connectivity index (χ0n) is 9.31. The summed E-state index contributed by atoms with van der Waals surface area (Å²) in [6, 6.07) is 7.55. The Hall–Kier alpha value is -1.59. The molecule has 1 aliphatic rings. The molecule has 0 bridgehead atoms. The second kappa shape index (κ2) is 4.26. The molecule has 0 spiro atoms. The van der Waals surface area contributed by atoms with Gasteiger partial charge in [0.15, 0.2) is 5.13 Å². The first-order chi connectivity index (χ1) is 8.65. The number of anilines is 2. The van der Waals surface area contributed by atoms with Crippen molar-refractivity contribution in [2.24, 2.45) is 0 Å². The van der Waals surface area contributed by atoms with Crippen molar-refractivity contribution < 1.29 is 4.79 Å². The lowest BCUT2D eigenvalue weighted by Crippen LogP contribution is -2.22. The van der Waals surface area contributed by atoms with Gasteiger partial charge in [-0.3, -0.25) is 4.79 Å². The van der Waals surface area contributed by atoms with Crippen LogP contribution >= 0.6 is 22.9 Å². The van der Waals surface area contributed by atoms with Crippen LogP contribution in [0.25, 0.3) is 0 Å². The zero-order chi connectivity index (χ0) is 12.7. The SMILES string of the molecule is Nc1nc2c(s1)[C@@H](c1ccccc1Cl)CC(=O)N2. The highest BCUT2D eigenvalue weighted by molar-refractivity contribution is 7.16. The van der Waals surface area contributed by atoms with Gasteiger partial charge in [0.2, 0.25) is 5.91 Å². The van der Waals surface area contributed by atoms with Crippen LogP contribution in [0.5, 0.6) is 0 Å². The minimum Gasteiger partial charge on any atom is -0.375 e. The van der Waals surface area contributed by atoms with Gasteiger partial charge in [-0.15, -0.1) is 0 Å². The average molecular weight is 280 g/mol. The number of halogens is 1. The molecule has 3 rings (SSSR count). The van der Waals surface area contributed by atoms with Crippen LogP contribution in [0.2, 0.25) is 5.02 Å². The van der Waals surface area contributed by atoms with Crippen LogP contribution in [0.1, 0.15) is 22.8 Å². The second-order valence-corrected chi connectivity index (χ2v) is 5.56. The van der Waals surface area contributed by atoms with Crippen LogP contribution in [0, 0.1) is 0 Å². The third-order valence-electron chi connectivity index (χ3n) is 2.91. The Labute approximate surface area is 113 Å². The van der Waals surface area contributed by atoms with E-state index in [1.54, 1.807) is 0 Å². The molecular formula is C12H10ClN3OS. The van der Waals surface area contributed by atoms with Gasteiger partial charge in [-0.25, -0.2) is 4.98 Å². The molecule has 1 aliphatic heterocycles. The predicted molar refractivity (Wildman–Crippen MR) is 73.1 cm³/mol. The molecule has 0 unspecified atom stereocenters. The topological polar surface area (TPSA) is 68.0 Å². The van der Waals surface area contributed by atoms with Gasteiger partial charge in [-0.1, -0.05) is 41.1 Å². The second-order valence-electron chi connectivity index (χ2n) is 4.09. The molecule has 0 saturated carbocycles. The number of nitrogens with two attached hydrogens (primary N) is 1. The predicted octanol–water partition coefficient (Wildman–Crippen LogP) is 2.85. The van der Waals surface area contributed by atoms with Crippen LogP contribution in [-0.2, 0) is 4.79 Å². The number of hydrogen-bond acceptors (Lipinski definition) is 4. The van der Waals surface area contributed by atoms with Crippen molar-refractivity contribution in [1.29, 1.82) is 0 Å². The molecule has 3 N–H and O–H groups in total. The summed E-state index contributed by atoms with van der Waals surface area (Å²) in [4.78, 5) is 16.8. The van der Waals surface area contributed by atoms with Gasteiger partial charge in [0.05, 0.1) is 4.88 Å². The molecule has 92 valence electrons. The molecule has 1 aromatic carbocycles. The smallest absolute Gasteiger partial charge is 0.226 e. The number of aromatic nitrogens is 1. The summed E-state index contributed by atoms with van der Waals surface area (Å²) in [5.41, 5.74) is 6.65. The van der Waals surface area contributed by atoms with E-state index < -0.39 is 0 Å². The summed E-state index contributed by atoms with van der Waals surface area (Å²) in [5.74, 6) is 0.452. The number of nitrogens with one attached hydrogen (secondary N) is 1. The maximum Gasteiger partial charge on any atom is 0.226 e. The van der Waals surface area contributed by atoms with E-state index in [4.69, 9.17) is 17.3 Å². The van der Waals surface area contributed by atoms with Gasteiger partial charge in [0, 0.05) is 17.4 Å². The fourth-order valence-electron chi connectivity index (χ4n) is 2.14. The molecule has 4 nitrogen and oxygen atoms in total. The highest BCUT2D eigenvalue weighted by Gasteiger charge is 2.30. The Morgan fingerprint density at radius 3 is 3.00 bits per heavy atom. The summed E-state index contributed by atoms with van der Waals surface area (Å²) in [6.45, 7) is 0. The maximum atomic E-state index is 11.7. The number of thiazole rings is 1. The Morgan fingerprint density at radius 2 is 2.22 bits per heavy atom. The van der Waals surface area contributed by atoms with E-state index >= 15 is 0 Å². The van der Waals surface area contributed by atoms with Gasteiger partial charge in [-0.05, 0) is 11.6 Å². The van der Waals surface area contributed by atoms with E-state index in [2.05, 4.69) is 10.3 Å². The van der Waals surface area contributed by atoms with Gasteiger partial charge in [0.25, 0.3) is 0 Å². The maximum absolute atomic E-state index is 11.7. The molecule has 0 fully saturated rings. The van der Waals surface area contributed by atoms with Gasteiger partial charge >= 0.3 is 0 Å². The number of amides is 1. The molecule has 1 amide bonds. The quantitative estimate of drug-likeness (QED) is 0.843. The molecule has 0 radical (unpaired) electrons. The van der Waals surface area contributed by atoms with Crippen molar-refractivity contribution in [3.8, 4) is 0 Å². The van der Waals surface area contributed by atoms with Crippen molar-refractivity contribution in [3.63, 3.8) is 0 Å². The molecule has 2 aromatic rings. The number of nitrogen functional groups attached to an aromatic ring is 1. The molecule has 2 heterocycles. The third-order valence-corrected chi connectivity index (χ3v) is 4.26. The van der Waals surface area contributed by atoms with E-state index in [1.807, 2.05) is 24.3 Å². The lowest BCUT2D eigenvalue weighted by atomic mass is 9.91. The summed E-state index contributed by atoms with van der Waals surface area (Å²) in [6.07, 6.45) is 0.373. The minimum absolute atomic E-state index is 0.0577. The first kappa shape index (κ1) is 11.5. The lowest BCUT2D eigenvalue weighted by molar-refractivity contribution is -0.116. The van der Waals surface area contributed by atoms with Gasteiger partial charge in [-0.2, -0.15) is 0 Å². The standard InChI is InChI=1S/C12H10ClN3OS/c13-8-4-2-1-3-6(8)7-5-9(17)15-11-10(7)18-12(14)16-11/h1-4,7H,5H2,(H2,14,16)(H,15,17)/t7-/m1/s1. The highest BCUT2D eigenvalue weighted by Crippen LogP contribution is 2.43. The van der Waals surface area contributed by atoms with Crippen molar-refractivity contribution in [1.82, 2.24) is 4.98 Å². The zero-order valence-corrected chi connectivity index (χ0v) is 10.9. The Kier molecular flexibility index (Phi) is 2.72. The van der Waals surface area contributed by atoms with Crippen molar-refractivity contribution in [2.75, 3.05) is 11.1 Å². The van der Waals surface area contributed by atoms with Crippen molar-refractivity contribution >= 4 is 39.8 Å². The largest absolute Gasteiger partial charge is 0.375 e. The number of carbonyl (C=O) groups is 1. The average Bonchev–Trinajstić information content (AvgIpc) is 2.69. The van der Waals surface area contributed by atoms with E-state index in [-0.39, 0.29) is 11.8 Å². The van der Waals surface area contributed by atoms with Crippen LogP contribution in [0.4, 0.5) is 10.9 Å². The fourth-order valence-corrected chi connectivity index (χ4v) is 3.32. The number of rotatable bonds is 1. The summed E-state index contributed by atoms with van der Waals surface area (Å²) in [7, 11) is 0. The van der Waals surface area contributed by atoms with Crippen LogP contribution in [-0.4, -0.2) is 10.9 Å². The summed E-state index contributed by atoms with van der Waals surface area (Å²) in [5, 5.41) is 3.86. The number of hydrogen-bond donors (Lipinski definition) is 2. The monoisotopic (exact) mass is 279 g/mol. The highest BCUT2D eigenvalue weighted by atomic mass is 35.5. The number of fused-ring (bicyclic) bond motifs is 1. The fraction of sp³-hybridized carbons (Fsp3) is 0.167. The number of benzene rings is 1. The first-order valence-corrected chi connectivity index (χ1v) is 6.65. The van der Waals surface area contributed by atoms with E-state index in [0.717, 1.165) is 10.4 Å². The van der Waals surface area contributed by atoms with Gasteiger partial charge in [0.1, 0.15) is 5.82 Å². The first-order valence-electron chi connectivity index (χ1n) is 5.45. The molecular weight excluding hydrogens is 270 g/mol. The van der Waals surface area contributed by atoms with Crippen LogP contribution in [0.3, 0.4) is 0 Å².